The van der Waals surface area contributed by atoms with Crippen molar-refractivity contribution in [3.8, 4) is 0 Å². The molecule has 2 fully saturated rings. The van der Waals surface area contributed by atoms with Crippen molar-refractivity contribution < 1.29 is 0 Å². The van der Waals surface area contributed by atoms with Gasteiger partial charge in [-0.1, -0.05) is 6.92 Å². The lowest BCUT2D eigenvalue weighted by atomic mass is 9.99. The summed E-state index contributed by atoms with van der Waals surface area (Å²) in [4.78, 5) is 5.11. The van der Waals surface area contributed by atoms with E-state index in [0.29, 0.717) is 6.54 Å². The van der Waals surface area contributed by atoms with Gasteiger partial charge >= 0.3 is 0 Å². The van der Waals surface area contributed by atoms with Crippen LogP contribution in [0.25, 0.3) is 0 Å². The third kappa shape index (κ3) is 3.43. The van der Waals surface area contributed by atoms with E-state index in [-0.39, 0.29) is 5.66 Å². The van der Waals surface area contributed by atoms with Crippen molar-refractivity contribution in [3.63, 3.8) is 0 Å². The van der Waals surface area contributed by atoms with Crippen molar-refractivity contribution in [2.24, 2.45) is 11.7 Å². The Kier molecular flexibility index (Phi) is 5.52. The van der Waals surface area contributed by atoms with Crippen LogP contribution in [0.15, 0.2) is 0 Å². The quantitative estimate of drug-likeness (QED) is 0.338. The molecule has 112 valence electrons. The van der Waals surface area contributed by atoms with Gasteiger partial charge < -0.3 is 10.6 Å². The predicted molar refractivity (Wildman–Crippen MR) is 77.0 cm³/mol. The molecule has 0 atom stereocenters. The van der Waals surface area contributed by atoms with E-state index < -0.39 is 0 Å². The van der Waals surface area contributed by atoms with Crippen molar-refractivity contribution in [2.45, 2.75) is 19.0 Å². The van der Waals surface area contributed by atoms with E-state index in [1.807, 2.05) is 0 Å². The number of hydrogen-bond acceptors (Lipinski definition) is 7. The summed E-state index contributed by atoms with van der Waals surface area (Å²) in [5.74, 6) is 11.6. The molecule has 0 radical (unpaired) electrons. The van der Waals surface area contributed by atoms with Crippen LogP contribution in [0.4, 0.5) is 0 Å². The highest BCUT2D eigenvalue weighted by Gasteiger charge is 2.42. The molecule has 0 aromatic carbocycles. The molecule has 0 spiro atoms. The lowest BCUT2D eigenvalue weighted by Crippen LogP contribution is -2.71. The Morgan fingerprint density at radius 1 is 0.947 bits per heavy atom. The van der Waals surface area contributed by atoms with Gasteiger partial charge in [0.1, 0.15) is 0 Å². The molecule has 0 bridgehead atoms. The van der Waals surface area contributed by atoms with E-state index in [1.54, 1.807) is 0 Å². The first-order valence-corrected chi connectivity index (χ1v) is 7.37. The van der Waals surface area contributed by atoms with Gasteiger partial charge in [0.25, 0.3) is 0 Å². The second-order valence-corrected chi connectivity index (χ2v) is 5.48. The third-order valence-electron chi connectivity index (χ3n) is 4.41. The first-order valence-electron chi connectivity index (χ1n) is 7.37. The van der Waals surface area contributed by atoms with E-state index in [1.165, 1.54) is 5.12 Å². The molecular formula is C12H29N7. The van der Waals surface area contributed by atoms with Crippen LogP contribution >= 0.6 is 0 Å². The van der Waals surface area contributed by atoms with E-state index in [2.05, 4.69) is 27.4 Å². The smallest absolute Gasteiger partial charge is 0.0896 e. The van der Waals surface area contributed by atoms with Crippen molar-refractivity contribution in [1.82, 2.24) is 25.6 Å². The summed E-state index contributed by atoms with van der Waals surface area (Å²) < 4.78 is 0. The maximum absolute atomic E-state index is 5.79. The van der Waals surface area contributed by atoms with Crippen LogP contribution < -0.4 is 22.3 Å². The lowest BCUT2D eigenvalue weighted by molar-refractivity contribution is -0.0932. The highest BCUT2D eigenvalue weighted by molar-refractivity contribution is 4.94. The van der Waals surface area contributed by atoms with Gasteiger partial charge in [-0.15, -0.1) is 0 Å². The second kappa shape index (κ2) is 6.94. The molecule has 2 aliphatic rings. The summed E-state index contributed by atoms with van der Waals surface area (Å²) in [5, 5.41) is 8.19. The average Bonchev–Trinajstić information content (AvgIpc) is 2.46. The van der Waals surface area contributed by atoms with Crippen LogP contribution in [-0.4, -0.2) is 79.5 Å². The van der Waals surface area contributed by atoms with Crippen LogP contribution in [0.3, 0.4) is 0 Å². The van der Waals surface area contributed by atoms with Crippen molar-refractivity contribution in [3.05, 3.63) is 0 Å². The molecule has 0 unspecified atom stereocenters. The molecule has 0 aromatic rings. The summed E-state index contributed by atoms with van der Waals surface area (Å²) >= 11 is 0. The molecule has 0 amide bonds. The van der Waals surface area contributed by atoms with E-state index in [0.717, 1.165) is 58.8 Å². The highest BCUT2D eigenvalue weighted by Crippen LogP contribution is 2.26. The van der Waals surface area contributed by atoms with Crippen LogP contribution in [0.2, 0.25) is 0 Å². The largest absolute Gasteiger partial charge is 0.314 e. The van der Waals surface area contributed by atoms with Gasteiger partial charge in [0.2, 0.25) is 0 Å². The first kappa shape index (κ1) is 15.1. The molecule has 2 saturated heterocycles. The topological polar surface area (TPSA) is 85.8 Å². The fourth-order valence-electron chi connectivity index (χ4n) is 3.41. The summed E-state index contributed by atoms with van der Waals surface area (Å²) in [7, 11) is 0. The maximum Gasteiger partial charge on any atom is 0.0896 e. The van der Waals surface area contributed by atoms with E-state index in [4.69, 9.17) is 11.7 Å². The van der Waals surface area contributed by atoms with Crippen molar-refractivity contribution in [1.29, 1.82) is 0 Å². The van der Waals surface area contributed by atoms with Crippen LogP contribution in [0, 0.1) is 0 Å². The molecule has 19 heavy (non-hydrogen) atoms. The zero-order valence-electron chi connectivity index (χ0n) is 12.1. The van der Waals surface area contributed by atoms with E-state index >= 15 is 0 Å². The number of hydrazine groups is 2. The van der Waals surface area contributed by atoms with Gasteiger partial charge in [-0.2, -0.15) is 5.12 Å². The molecular weight excluding hydrogens is 242 g/mol. The van der Waals surface area contributed by atoms with Gasteiger partial charge in [-0.05, 0) is 6.42 Å². The molecule has 2 aliphatic heterocycles. The van der Waals surface area contributed by atoms with Gasteiger partial charge in [0, 0.05) is 52.4 Å². The molecule has 2 heterocycles. The standard InChI is InChI=1S/C12H29N7/c1-2-12(11-19(13)14,17-7-3-15-4-8-17)18-9-5-16-6-10-18/h15-16H,2-11,13-14H2,1H3. The Labute approximate surface area is 116 Å². The predicted octanol–water partition coefficient (Wildman–Crippen LogP) is -2.05. The molecule has 0 saturated carbocycles. The SMILES string of the molecule is CCC(CN(N)N)(N1CCNCC1)N1CCNCC1. The second-order valence-electron chi connectivity index (χ2n) is 5.48. The minimum Gasteiger partial charge on any atom is -0.314 e. The summed E-state index contributed by atoms with van der Waals surface area (Å²) in [6, 6.07) is 0. The Bertz CT molecular complexity index is 241. The van der Waals surface area contributed by atoms with Crippen LogP contribution in [-0.2, 0) is 0 Å². The molecule has 0 aliphatic carbocycles. The van der Waals surface area contributed by atoms with Crippen molar-refractivity contribution in [2.75, 3.05) is 58.9 Å². The first-order chi connectivity index (χ1) is 9.19. The summed E-state index contributed by atoms with van der Waals surface area (Å²) in [6.07, 6.45) is 1.04. The number of nitrogens with zero attached hydrogens (tertiary/aromatic N) is 3. The third-order valence-corrected chi connectivity index (χ3v) is 4.41. The van der Waals surface area contributed by atoms with E-state index in [9.17, 15) is 0 Å². The zero-order valence-corrected chi connectivity index (χ0v) is 12.1. The van der Waals surface area contributed by atoms with Crippen molar-refractivity contribution >= 4 is 0 Å². The monoisotopic (exact) mass is 271 g/mol. The van der Waals surface area contributed by atoms with Gasteiger partial charge in [-0.3, -0.25) is 21.5 Å². The fraction of sp³-hybridized carbons (Fsp3) is 1.00. The summed E-state index contributed by atoms with van der Waals surface area (Å²) in [5.41, 5.74) is -0.0340. The number of nitrogens with two attached hydrogens (primary N) is 2. The van der Waals surface area contributed by atoms with Gasteiger partial charge in [-0.25, -0.2) is 0 Å². The Balaban J connectivity index is 2.17. The minimum absolute atomic E-state index is 0.0340. The number of nitrogens with one attached hydrogen (secondary N) is 2. The number of hydrogen-bond donors (Lipinski definition) is 4. The average molecular weight is 271 g/mol. The number of piperazine rings is 2. The van der Waals surface area contributed by atoms with Crippen LogP contribution in [0.5, 0.6) is 0 Å². The number of rotatable bonds is 5. The minimum atomic E-state index is -0.0340. The lowest BCUT2D eigenvalue weighted by Gasteiger charge is -2.54. The normalized spacial score (nSPS) is 24.0. The molecule has 7 nitrogen and oxygen atoms in total. The van der Waals surface area contributed by atoms with Crippen LogP contribution in [0.1, 0.15) is 13.3 Å². The maximum atomic E-state index is 5.79. The summed E-state index contributed by atoms with van der Waals surface area (Å²) in [6.45, 7) is 11.4. The molecule has 2 rings (SSSR count). The fourth-order valence-corrected chi connectivity index (χ4v) is 3.41. The Morgan fingerprint density at radius 3 is 1.68 bits per heavy atom. The zero-order chi connectivity index (χ0) is 13.7. The molecule has 0 aromatic heterocycles. The molecule has 7 heteroatoms. The molecule has 6 N–H and O–H groups in total. The highest BCUT2D eigenvalue weighted by atomic mass is 15.6. The van der Waals surface area contributed by atoms with Gasteiger partial charge in [0.15, 0.2) is 0 Å². The van der Waals surface area contributed by atoms with Gasteiger partial charge in [0.05, 0.1) is 12.2 Å². The Hall–Kier alpha value is -0.280. The Morgan fingerprint density at radius 2 is 1.37 bits per heavy atom.